The van der Waals surface area contributed by atoms with E-state index in [-0.39, 0.29) is 16.9 Å². The van der Waals surface area contributed by atoms with Gasteiger partial charge in [0, 0.05) is 50.6 Å². The van der Waals surface area contributed by atoms with Gasteiger partial charge in [-0.25, -0.2) is 9.18 Å². The first-order valence-corrected chi connectivity index (χ1v) is 11.5. The van der Waals surface area contributed by atoms with Crippen molar-refractivity contribution in [1.29, 1.82) is 0 Å². The molecule has 5 rings (SSSR count). The number of rotatable bonds is 4. The molecule has 2 aromatic carbocycles. The van der Waals surface area contributed by atoms with Crippen LogP contribution in [0.15, 0.2) is 48.8 Å². The van der Waals surface area contributed by atoms with Gasteiger partial charge in [-0.15, -0.1) is 0 Å². The molecule has 3 heterocycles. The second kappa shape index (κ2) is 10.4. The first-order valence-electron chi connectivity index (χ1n) is 11.5. The highest BCUT2D eigenvalue weighted by molar-refractivity contribution is 5.94. The maximum Gasteiger partial charge on any atom is 0.335 e. The molecule has 2 aliphatic heterocycles. The summed E-state index contributed by atoms with van der Waals surface area (Å²) >= 11 is 0. The van der Waals surface area contributed by atoms with Gasteiger partial charge >= 0.3 is 5.97 Å². The monoisotopic (exact) mass is 497 g/mol. The van der Waals surface area contributed by atoms with E-state index in [2.05, 4.69) is 5.10 Å². The lowest BCUT2D eigenvalue weighted by molar-refractivity contribution is 0.0300. The Kier molecular flexibility index (Phi) is 7.25. The van der Waals surface area contributed by atoms with Crippen LogP contribution in [0.2, 0.25) is 0 Å². The summed E-state index contributed by atoms with van der Waals surface area (Å²) in [7, 11) is 1.89. The number of carboxylic acid groups (broad SMARTS) is 1. The van der Waals surface area contributed by atoms with Gasteiger partial charge in [-0.2, -0.15) is 5.10 Å². The summed E-state index contributed by atoms with van der Waals surface area (Å²) in [5, 5.41) is 13.2. The maximum atomic E-state index is 14.7. The first-order chi connectivity index (χ1) is 17.1. The predicted molar refractivity (Wildman–Crippen MR) is 128 cm³/mol. The van der Waals surface area contributed by atoms with Crippen LogP contribution in [0.4, 0.5) is 4.39 Å². The molecule has 2 aliphatic rings. The van der Waals surface area contributed by atoms with Crippen LogP contribution in [0.25, 0.3) is 0 Å². The minimum Gasteiger partial charge on any atom is -0.487 e. The number of carboxylic acids is 1. The minimum absolute atomic E-state index is 0.0148. The average molecular weight is 498 g/mol. The normalized spacial score (nSPS) is 15.8. The fraction of sp³-hybridized carbons (Fsp3) is 0.346. The third kappa shape index (κ3) is 5.83. The molecular weight excluding hydrogens is 469 g/mol. The van der Waals surface area contributed by atoms with Crippen molar-refractivity contribution >= 4 is 11.9 Å². The average Bonchev–Trinajstić information content (AvgIpc) is 3.44. The Morgan fingerprint density at radius 1 is 1.17 bits per heavy atom. The van der Waals surface area contributed by atoms with Gasteiger partial charge in [-0.1, -0.05) is 0 Å². The zero-order valence-corrected chi connectivity index (χ0v) is 20.4. The number of hydrogen-bond donors (Lipinski definition) is 1. The van der Waals surface area contributed by atoms with Gasteiger partial charge in [0.1, 0.15) is 28.7 Å². The van der Waals surface area contributed by atoms with Crippen molar-refractivity contribution in [3.05, 3.63) is 71.3 Å². The molecule has 10 heteroatoms. The lowest BCUT2D eigenvalue weighted by Crippen LogP contribution is -2.41. The number of ether oxygens (including phenoxy) is 3. The Morgan fingerprint density at radius 2 is 1.92 bits per heavy atom. The number of fused-ring (bicyclic) bond motifs is 1. The summed E-state index contributed by atoms with van der Waals surface area (Å²) in [6.45, 7) is 5.47. The van der Waals surface area contributed by atoms with Crippen molar-refractivity contribution < 1.29 is 33.3 Å². The number of aromatic nitrogens is 2. The lowest BCUT2D eigenvalue weighted by Gasteiger charge is -2.27. The quantitative estimate of drug-likeness (QED) is 0.583. The van der Waals surface area contributed by atoms with Crippen molar-refractivity contribution in [2.45, 2.75) is 25.9 Å². The van der Waals surface area contributed by atoms with Crippen LogP contribution in [0, 0.1) is 5.82 Å². The molecule has 0 spiro atoms. The van der Waals surface area contributed by atoms with E-state index in [1.165, 1.54) is 24.3 Å². The van der Waals surface area contributed by atoms with Crippen molar-refractivity contribution in [3.63, 3.8) is 0 Å². The Morgan fingerprint density at radius 3 is 2.50 bits per heavy atom. The Bertz CT molecular complexity index is 1250. The Balaban J connectivity index is 0.000000445. The van der Waals surface area contributed by atoms with E-state index in [1.54, 1.807) is 15.8 Å². The summed E-state index contributed by atoms with van der Waals surface area (Å²) < 4.78 is 33.3. The number of carbonyl (C=O) groups excluding carboxylic acids is 1. The van der Waals surface area contributed by atoms with Crippen LogP contribution in [0.1, 0.15) is 40.1 Å². The molecule has 1 fully saturated rings. The van der Waals surface area contributed by atoms with E-state index in [9.17, 15) is 19.1 Å². The molecular formula is C26H28FN3O6. The lowest BCUT2D eigenvalue weighted by atomic mass is 10.00. The molecule has 1 amide bonds. The largest absolute Gasteiger partial charge is 0.487 e. The van der Waals surface area contributed by atoms with E-state index in [0.29, 0.717) is 44.2 Å². The minimum atomic E-state index is -1.12. The standard InChI is InChI=1S/C22H22FNO6.C4H6N2/c1-22(2)12-16-18(9-13(21(26)27)10-19(16)30-22)29-14-3-4-15(17(23)11-14)20(25)24-5-7-28-8-6-24;1-6-4-2-3-5-6/h3-4,9-11H,5-8,12H2,1-2H3,(H,26,27);2-4H,1H3. The van der Waals surface area contributed by atoms with E-state index in [1.807, 2.05) is 33.2 Å². The van der Waals surface area contributed by atoms with Crippen molar-refractivity contribution in [1.82, 2.24) is 14.7 Å². The zero-order valence-electron chi connectivity index (χ0n) is 20.4. The van der Waals surface area contributed by atoms with Crippen LogP contribution in [-0.2, 0) is 18.2 Å². The number of carbonyl (C=O) groups is 2. The van der Waals surface area contributed by atoms with Gasteiger partial charge < -0.3 is 24.2 Å². The second-order valence-corrected chi connectivity index (χ2v) is 9.12. The van der Waals surface area contributed by atoms with Crippen molar-refractivity contribution in [3.8, 4) is 17.2 Å². The number of halogens is 1. The van der Waals surface area contributed by atoms with Gasteiger partial charge in [0.05, 0.1) is 24.3 Å². The van der Waals surface area contributed by atoms with Crippen molar-refractivity contribution in [2.75, 3.05) is 26.3 Å². The smallest absolute Gasteiger partial charge is 0.335 e. The molecule has 0 radical (unpaired) electrons. The third-order valence-electron chi connectivity index (χ3n) is 5.74. The van der Waals surface area contributed by atoms with Gasteiger partial charge in [0.2, 0.25) is 0 Å². The van der Waals surface area contributed by atoms with Crippen LogP contribution < -0.4 is 9.47 Å². The zero-order chi connectivity index (χ0) is 25.9. The highest BCUT2D eigenvalue weighted by Gasteiger charge is 2.34. The summed E-state index contributed by atoms with van der Waals surface area (Å²) in [5.41, 5.74) is 0.190. The third-order valence-corrected chi connectivity index (χ3v) is 5.74. The van der Waals surface area contributed by atoms with Gasteiger partial charge in [-0.05, 0) is 44.2 Å². The molecule has 0 unspecified atom stereocenters. The molecule has 36 heavy (non-hydrogen) atoms. The molecule has 0 aliphatic carbocycles. The van der Waals surface area contributed by atoms with E-state index < -0.39 is 23.3 Å². The molecule has 1 aromatic heterocycles. The summed E-state index contributed by atoms with van der Waals surface area (Å²) in [5.74, 6) is -1.32. The molecule has 1 N–H and O–H groups in total. The number of hydrogen-bond acceptors (Lipinski definition) is 6. The van der Waals surface area contributed by atoms with Crippen LogP contribution in [0.3, 0.4) is 0 Å². The Hall–Kier alpha value is -3.92. The summed E-state index contributed by atoms with van der Waals surface area (Å²) in [6.07, 6.45) is 4.16. The predicted octanol–water partition coefficient (Wildman–Crippen LogP) is 3.92. The highest BCUT2D eigenvalue weighted by Crippen LogP contribution is 2.43. The van der Waals surface area contributed by atoms with E-state index >= 15 is 0 Å². The number of benzene rings is 2. The van der Waals surface area contributed by atoms with Crippen LogP contribution >= 0.6 is 0 Å². The molecule has 3 aromatic rings. The first kappa shape index (κ1) is 25.2. The fourth-order valence-electron chi connectivity index (χ4n) is 4.00. The van der Waals surface area contributed by atoms with E-state index in [4.69, 9.17) is 14.2 Å². The number of morpholine rings is 1. The highest BCUT2D eigenvalue weighted by atomic mass is 19.1. The topological polar surface area (TPSA) is 103 Å². The molecule has 0 saturated carbocycles. The second-order valence-electron chi connectivity index (χ2n) is 9.12. The number of aryl methyl sites for hydroxylation is 1. The van der Waals surface area contributed by atoms with Crippen LogP contribution in [0.5, 0.6) is 17.2 Å². The number of aromatic carboxylic acids is 1. The fourth-order valence-corrected chi connectivity index (χ4v) is 4.00. The van der Waals surface area contributed by atoms with Crippen LogP contribution in [-0.4, -0.2) is 63.6 Å². The van der Waals surface area contributed by atoms with Crippen molar-refractivity contribution in [2.24, 2.45) is 7.05 Å². The Labute approximate surface area is 208 Å². The number of nitrogens with zero attached hydrogens (tertiary/aromatic N) is 3. The SMILES string of the molecule is CC1(C)Cc2c(Oc3ccc(C(=O)N4CCOCC4)c(F)c3)cc(C(=O)O)cc2O1.Cn1cccn1. The van der Waals surface area contributed by atoms with Gasteiger partial charge in [0.25, 0.3) is 5.91 Å². The molecule has 9 nitrogen and oxygen atoms in total. The van der Waals surface area contributed by atoms with E-state index in [0.717, 1.165) is 11.6 Å². The molecule has 1 saturated heterocycles. The number of amides is 1. The molecule has 0 atom stereocenters. The summed E-state index contributed by atoms with van der Waals surface area (Å²) in [4.78, 5) is 25.6. The van der Waals surface area contributed by atoms with Gasteiger partial charge in [0.15, 0.2) is 0 Å². The molecule has 190 valence electrons. The maximum absolute atomic E-state index is 14.7. The molecule has 0 bridgehead atoms. The van der Waals surface area contributed by atoms with Gasteiger partial charge in [-0.3, -0.25) is 9.48 Å². The summed E-state index contributed by atoms with van der Waals surface area (Å²) in [6, 6.07) is 8.76.